The first-order valence-corrected chi connectivity index (χ1v) is 11.8. The fourth-order valence-electron chi connectivity index (χ4n) is 4.15. The van der Waals surface area contributed by atoms with Crippen LogP contribution < -0.4 is 5.69 Å². The first-order chi connectivity index (χ1) is 16.5. The highest BCUT2D eigenvalue weighted by Gasteiger charge is 2.19. The molecule has 0 aliphatic rings. The van der Waals surface area contributed by atoms with Crippen LogP contribution in [-0.4, -0.2) is 20.2 Å². The smallest absolute Gasteiger partial charge is 0.336 e. The van der Waals surface area contributed by atoms with Crippen molar-refractivity contribution >= 4 is 17.6 Å². The predicted octanol–water partition coefficient (Wildman–Crippen LogP) is 6.11. The highest BCUT2D eigenvalue weighted by atomic mass is 35.5. The van der Waals surface area contributed by atoms with Crippen molar-refractivity contribution in [1.82, 2.24) is 9.13 Å². The number of carbonyl (C=O) groups is 1. The normalized spacial score (nSPS) is 11.0. The van der Waals surface area contributed by atoms with E-state index in [0.717, 1.165) is 41.6 Å². The Morgan fingerprint density at radius 2 is 1.47 bits per heavy atom. The molecule has 0 aliphatic carbocycles. The summed E-state index contributed by atoms with van der Waals surface area (Å²) in [5.74, 6) is -0.957. The maximum atomic E-state index is 13.4. The summed E-state index contributed by atoms with van der Waals surface area (Å²) in [6.45, 7) is 2.95. The molecule has 0 saturated heterocycles. The van der Waals surface area contributed by atoms with Crippen molar-refractivity contribution in [3.63, 3.8) is 0 Å². The molecular weight excluding hydrogens is 448 g/mol. The van der Waals surface area contributed by atoms with Crippen LogP contribution in [0.3, 0.4) is 0 Å². The van der Waals surface area contributed by atoms with Gasteiger partial charge in [-0.2, -0.15) is 0 Å². The number of nitrogens with zero attached hydrogens (tertiary/aromatic N) is 2. The van der Waals surface area contributed by atoms with Gasteiger partial charge in [-0.25, -0.2) is 9.59 Å². The van der Waals surface area contributed by atoms with E-state index in [4.69, 9.17) is 11.6 Å². The lowest BCUT2D eigenvalue weighted by molar-refractivity contribution is 0.0697. The van der Waals surface area contributed by atoms with Crippen LogP contribution >= 0.6 is 11.6 Å². The van der Waals surface area contributed by atoms with Crippen molar-refractivity contribution in [2.45, 2.75) is 39.3 Å². The molecule has 4 aromatic rings. The van der Waals surface area contributed by atoms with Gasteiger partial charge in [0.2, 0.25) is 0 Å². The van der Waals surface area contributed by atoms with Crippen molar-refractivity contribution in [3.8, 4) is 11.1 Å². The molecule has 0 amide bonds. The van der Waals surface area contributed by atoms with Gasteiger partial charge < -0.3 is 5.11 Å². The SMILES string of the molecule is CCCCc1c(Cl)n(Cc2ccccc2)c(=O)n1Cc1ccc(-c2ccccc2C(=O)O)cc1. The van der Waals surface area contributed by atoms with Gasteiger partial charge in [0.05, 0.1) is 24.3 Å². The van der Waals surface area contributed by atoms with Crippen LogP contribution in [0.4, 0.5) is 0 Å². The number of benzene rings is 3. The second-order valence-corrected chi connectivity index (χ2v) is 8.69. The third-order valence-electron chi connectivity index (χ3n) is 5.98. The van der Waals surface area contributed by atoms with E-state index in [1.165, 1.54) is 0 Å². The second-order valence-electron chi connectivity index (χ2n) is 8.33. The van der Waals surface area contributed by atoms with Crippen molar-refractivity contribution in [3.05, 3.63) is 117 Å². The molecule has 174 valence electrons. The molecule has 0 unspecified atom stereocenters. The minimum absolute atomic E-state index is 0.125. The zero-order chi connectivity index (χ0) is 24.1. The molecule has 5 nitrogen and oxygen atoms in total. The van der Waals surface area contributed by atoms with Gasteiger partial charge >= 0.3 is 11.7 Å². The summed E-state index contributed by atoms with van der Waals surface area (Å²) in [6, 6.07) is 24.4. The number of aromatic carboxylic acids is 1. The van der Waals surface area contributed by atoms with E-state index < -0.39 is 5.97 Å². The third kappa shape index (κ3) is 5.00. The number of unbranched alkanes of at least 4 members (excludes halogenated alkanes) is 1. The number of carboxylic acid groups (broad SMARTS) is 1. The topological polar surface area (TPSA) is 64.2 Å². The van der Waals surface area contributed by atoms with Gasteiger partial charge in [-0.3, -0.25) is 9.13 Å². The fraction of sp³-hybridized carbons (Fsp3) is 0.214. The Bertz CT molecular complexity index is 1340. The van der Waals surface area contributed by atoms with Crippen LogP contribution in [0.2, 0.25) is 5.15 Å². The lowest BCUT2D eigenvalue weighted by atomic mass is 9.99. The summed E-state index contributed by atoms with van der Waals surface area (Å²) in [6.07, 6.45) is 2.68. The lowest BCUT2D eigenvalue weighted by Gasteiger charge is -2.10. The number of hydrogen-bond donors (Lipinski definition) is 1. The van der Waals surface area contributed by atoms with Crippen molar-refractivity contribution in [1.29, 1.82) is 0 Å². The van der Waals surface area contributed by atoms with E-state index >= 15 is 0 Å². The maximum absolute atomic E-state index is 13.4. The Kier molecular flexibility index (Phi) is 7.33. The van der Waals surface area contributed by atoms with E-state index in [9.17, 15) is 14.7 Å². The standard InChI is InChI=1S/C28H27ClN2O3/c1-2-3-13-25-26(29)31(19-20-9-5-4-6-10-20)28(34)30(25)18-21-14-16-22(17-15-21)23-11-7-8-12-24(23)27(32)33/h4-12,14-17H,2-3,13,18-19H2,1H3,(H,32,33). The first-order valence-electron chi connectivity index (χ1n) is 11.4. The highest BCUT2D eigenvalue weighted by molar-refractivity contribution is 6.30. The molecule has 1 aromatic heterocycles. The van der Waals surface area contributed by atoms with E-state index in [1.54, 1.807) is 27.3 Å². The van der Waals surface area contributed by atoms with Crippen LogP contribution in [0.15, 0.2) is 83.7 Å². The molecule has 0 spiro atoms. The van der Waals surface area contributed by atoms with Gasteiger partial charge in [-0.05, 0) is 41.2 Å². The van der Waals surface area contributed by atoms with Crippen LogP contribution in [0.25, 0.3) is 11.1 Å². The molecule has 34 heavy (non-hydrogen) atoms. The number of aromatic nitrogens is 2. The average Bonchev–Trinajstić information content (AvgIpc) is 3.07. The largest absolute Gasteiger partial charge is 0.478 e. The van der Waals surface area contributed by atoms with E-state index in [-0.39, 0.29) is 11.3 Å². The van der Waals surface area contributed by atoms with E-state index in [0.29, 0.717) is 23.8 Å². The first kappa shape index (κ1) is 23.6. The highest BCUT2D eigenvalue weighted by Crippen LogP contribution is 2.25. The third-order valence-corrected chi connectivity index (χ3v) is 6.40. The molecule has 0 fully saturated rings. The Morgan fingerprint density at radius 3 is 2.15 bits per heavy atom. The molecule has 6 heteroatoms. The zero-order valence-corrected chi connectivity index (χ0v) is 19.8. The summed E-state index contributed by atoms with van der Waals surface area (Å²) < 4.78 is 3.40. The summed E-state index contributed by atoms with van der Waals surface area (Å²) in [4.78, 5) is 24.9. The number of hydrogen-bond acceptors (Lipinski definition) is 2. The summed E-state index contributed by atoms with van der Waals surface area (Å²) >= 11 is 6.73. The maximum Gasteiger partial charge on any atom is 0.336 e. The molecule has 1 heterocycles. The van der Waals surface area contributed by atoms with Gasteiger partial charge in [0.15, 0.2) is 0 Å². The quantitative estimate of drug-likeness (QED) is 0.318. The molecule has 0 bridgehead atoms. The predicted molar refractivity (Wildman–Crippen MR) is 136 cm³/mol. The Balaban J connectivity index is 1.66. The van der Waals surface area contributed by atoms with Gasteiger partial charge in [0, 0.05) is 0 Å². The monoisotopic (exact) mass is 474 g/mol. The minimum Gasteiger partial charge on any atom is -0.478 e. The fourth-order valence-corrected chi connectivity index (χ4v) is 4.48. The molecule has 4 rings (SSSR count). The number of halogens is 1. The number of rotatable bonds is 9. The van der Waals surface area contributed by atoms with Crippen molar-refractivity contribution < 1.29 is 9.90 Å². The molecule has 0 radical (unpaired) electrons. The Labute approximate surface area is 203 Å². The van der Waals surface area contributed by atoms with Crippen molar-refractivity contribution in [2.75, 3.05) is 0 Å². The summed E-state index contributed by atoms with van der Waals surface area (Å²) in [5.41, 5.74) is 4.44. The van der Waals surface area contributed by atoms with E-state index in [1.807, 2.05) is 60.7 Å². The summed E-state index contributed by atoms with van der Waals surface area (Å²) in [5, 5.41) is 9.98. The molecule has 1 N–H and O–H groups in total. The zero-order valence-electron chi connectivity index (χ0n) is 19.1. The molecular formula is C28H27ClN2O3. The van der Waals surface area contributed by atoms with Gasteiger partial charge in [-0.15, -0.1) is 0 Å². The van der Waals surface area contributed by atoms with Crippen LogP contribution in [0, 0.1) is 0 Å². The number of imidazole rings is 1. The van der Waals surface area contributed by atoms with Gasteiger partial charge in [0.25, 0.3) is 0 Å². The van der Waals surface area contributed by atoms with Gasteiger partial charge in [0.1, 0.15) is 5.15 Å². The number of carboxylic acids is 1. The molecule has 0 atom stereocenters. The van der Waals surface area contributed by atoms with Gasteiger partial charge in [-0.1, -0.05) is 97.7 Å². The molecule has 0 saturated carbocycles. The van der Waals surface area contributed by atoms with Crippen LogP contribution in [0.5, 0.6) is 0 Å². The minimum atomic E-state index is -0.957. The second kappa shape index (κ2) is 10.6. The van der Waals surface area contributed by atoms with Crippen LogP contribution in [-0.2, 0) is 19.5 Å². The average molecular weight is 475 g/mol. The Morgan fingerprint density at radius 1 is 0.853 bits per heavy atom. The lowest BCUT2D eigenvalue weighted by Crippen LogP contribution is -2.26. The molecule has 0 aliphatic heterocycles. The summed E-state index contributed by atoms with van der Waals surface area (Å²) in [7, 11) is 0. The van der Waals surface area contributed by atoms with Crippen molar-refractivity contribution in [2.24, 2.45) is 0 Å². The van der Waals surface area contributed by atoms with Crippen LogP contribution in [0.1, 0.15) is 46.9 Å². The molecule has 3 aromatic carbocycles. The Hall–Kier alpha value is -3.57. The van der Waals surface area contributed by atoms with E-state index in [2.05, 4.69) is 6.92 Å².